The maximum absolute atomic E-state index is 13.2. The van der Waals surface area contributed by atoms with E-state index in [1.807, 2.05) is 36.4 Å². The van der Waals surface area contributed by atoms with E-state index in [0.29, 0.717) is 22.0 Å². The predicted octanol–water partition coefficient (Wildman–Crippen LogP) is 6.96. The Labute approximate surface area is 202 Å². The number of Topliss-reactive ketones (excluding diaryl/α,β-unsaturated/α-hetero) is 1. The van der Waals surface area contributed by atoms with Crippen molar-refractivity contribution in [1.82, 2.24) is 0 Å². The van der Waals surface area contributed by atoms with Gasteiger partial charge in [-0.1, -0.05) is 65.3 Å². The molecule has 3 nitrogen and oxygen atoms in total. The summed E-state index contributed by atoms with van der Waals surface area (Å²) in [6.07, 6.45) is 0.853. The number of hydrogen-bond donors (Lipinski definition) is 0. The van der Waals surface area contributed by atoms with E-state index in [2.05, 4.69) is 0 Å². The summed E-state index contributed by atoms with van der Waals surface area (Å²) in [5.74, 6) is -0.469. The van der Waals surface area contributed by atoms with Gasteiger partial charge in [-0.05, 0) is 71.3 Å². The maximum atomic E-state index is 13.2. The normalized spacial score (nSPS) is 16.9. The van der Waals surface area contributed by atoms with Crippen LogP contribution in [-0.2, 0) is 14.6 Å². The number of thioether (sulfide) groups is 1. The molecule has 164 valence electrons. The summed E-state index contributed by atoms with van der Waals surface area (Å²) >= 11 is 13.5. The molecule has 0 fully saturated rings. The number of benzene rings is 3. The number of carbonyl (C=O) groups is 1. The molecule has 4 rings (SSSR count). The smallest absolute Gasteiger partial charge is 0.182 e. The summed E-state index contributed by atoms with van der Waals surface area (Å²) in [5.41, 5.74) is 1.39. The van der Waals surface area contributed by atoms with Crippen molar-refractivity contribution in [2.45, 2.75) is 28.6 Å². The highest BCUT2D eigenvalue weighted by atomic mass is 35.5. The van der Waals surface area contributed by atoms with Crippen molar-refractivity contribution >= 4 is 50.6 Å². The summed E-state index contributed by atoms with van der Waals surface area (Å²) in [5, 5.41) is 1.26. The van der Waals surface area contributed by atoms with Crippen LogP contribution in [0.5, 0.6) is 0 Å². The summed E-state index contributed by atoms with van der Waals surface area (Å²) in [6.45, 7) is 0. The lowest BCUT2D eigenvalue weighted by molar-refractivity contribution is -0.116. The van der Waals surface area contributed by atoms with Gasteiger partial charge in [0, 0.05) is 26.9 Å². The molecule has 1 atom stereocenters. The summed E-state index contributed by atoms with van der Waals surface area (Å²) in [6, 6.07) is 23.1. The van der Waals surface area contributed by atoms with Crippen molar-refractivity contribution < 1.29 is 13.2 Å². The molecule has 32 heavy (non-hydrogen) atoms. The van der Waals surface area contributed by atoms with Crippen molar-refractivity contribution in [3.05, 3.63) is 105 Å². The van der Waals surface area contributed by atoms with E-state index in [1.54, 1.807) is 42.5 Å². The van der Waals surface area contributed by atoms with Gasteiger partial charge < -0.3 is 0 Å². The first-order chi connectivity index (χ1) is 15.3. The minimum atomic E-state index is -3.64. The number of hydrogen-bond acceptors (Lipinski definition) is 4. The molecule has 0 saturated heterocycles. The van der Waals surface area contributed by atoms with Crippen LogP contribution in [0, 0.1) is 0 Å². The molecule has 0 aliphatic heterocycles. The van der Waals surface area contributed by atoms with E-state index in [4.69, 9.17) is 23.2 Å². The van der Waals surface area contributed by atoms with Gasteiger partial charge in [0.1, 0.15) is 0 Å². The monoisotopic (exact) mass is 502 g/mol. The topological polar surface area (TPSA) is 51.2 Å². The van der Waals surface area contributed by atoms with E-state index < -0.39 is 9.84 Å². The van der Waals surface area contributed by atoms with Gasteiger partial charge in [0.15, 0.2) is 15.6 Å². The van der Waals surface area contributed by atoms with Crippen molar-refractivity contribution in [3.63, 3.8) is 0 Å². The Bertz CT molecular complexity index is 1250. The second-order valence-electron chi connectivity index (χ2n) is 7.61. The van der Waals surface area contributed by atoms with Crippen LogP contribution in [-0.4, -0.2) is 20.0 Å². The molecule has 0 heterocycles. The molecule has 1 aliphatic rings. The predicted molar refractivity (Wildman–Crippen MR) is 131 cm³/mol. The van der Waals surface area contributed by atoms with Crippen LogP contribution in [0.25, 0.3) is 0 Å². The molecule has 7 heteroatoms. The fourth-order valence-corrected chi connectivity index (χ4v) is 6.65. The molecular weight excluding hydrogens is 483 g/mol. The lowest BCUT2D eigenvalue weighted by atomic mass is 9.84. The molecular formula is C25H20Cl2O3S2. The van der Waals surface area contributed by atoms with Gasteiger partial charge in [-0.2, -0.15) is 0 Å². The van der Waals surface area contributed by atoms with Crippen LogP contribution in [0.1, 0.15) is 24.3 Å². The van der Waals surface area contributed by atoms with Crippen LogP contribution >= 0.6 is 35.0 Å². The lowest BCUT2D eigenvalue weighted by Crippen LogP contribution is -2.23. The van der Waals surface area contributed by atoms with Gasteiger partial charge in [0.2, 0.25) is 0 Å². The third-order valence-corrected chi connectivity index (χ3v) is 8.70. The van der Waals surface area contributed by atoms with E-state index in [-0.39, 0.29) is 28.8 Å². The number of carbonyl (C=O) groups excluding carboxylic acids is 1. The van der Waals surface area contributed by atoms with Gasteiger partial charge in [0.05, 0.1) is 10.6 Å². The first-order valence-electron chi connectivity index (χ1n) is 10.0. The first-order valence-corrected chi connectivity index (χ1v) is 13.3. The average molecular weight is 503 g/mol. The molecule has 3 aromatic rings. The summed E-state index contributed by atoms with van der Waals surface area (Å²) in [4.78, 5) is 15.1. The standard InChI is InChI=1S/C25H20Cl2O3S2/c26-19-8-6-17(7-9-19)18-14-24(28)23(16-32(29,30)22-4-2-1-3-5-22)25(15-18)31-21-12-10-20(27)11-13-21/h1-13,18H,14-16H2. The van der Waals surface area contributed by atoms with Gasteiger partial charge >= 0.3 is 0 Å². The van der Waals surface area contributed by atoms with Crippen molar-refractivity contribution in [2.75, 3.05) is 5.75 Å². The van der Waals surface area contributed by atoms with Crippen LogP contribution in [0.3, 0.4) is 0 Å². The fraction of sp³-hybridized carbons (Fsp3) is 0.160. The zero-order valence-electron chi connectivity index (χ0n) is 17.0. The van der Waals surface area contributed by atoms with Crippen molar-refractivity contribution in [1.29, 1.82) is 0 Å². The Morgan fingerprint density at radius 3 is 2.03 bits per heavy atom. The molecule has 0 saturated carbocycles. The second kappa shape index (κ2) is 9.84. The first kappa shape index (κ1) is 23.1. The van der Waals surface area contributed by atoms with Crippen LogP contribution in [0.2, 0.25) is 10.0 Å². The molecule has 0 spiro atoms. The van der Waals surface area contributed by atoms with Gasteiger partial charge in [-0.25, -0.2) is 8.42 Å². The highest BCUT2D eigenvalue weighted by Gasteiger charge is 2.32. The van der Waals surface area contributed by atoms with Crippen molar-refractivity contribution in [3.8, 4) is 0 Å². The Morgan fingerprint density at radius 1 is 0.812 bits per heavy atom. The Morgan fingerprint density at radius 2 is 1.41 bits per heavy atom. The molecule has 0 bridgehead atoms. The van der Waals surface area contributed by atoms with Crippen LogP contribution in [0.4, 0.5) is 0 Å². The number of halogens is 2. The Balaban J connectivity index is 1.71. The lowest BCUT2D eigenvalue weighted by Gasteiger charge is -2.26. The largest absolute Gasteiger partial charge is 0.294 e. The second-order valence-corrected chi connectivity index (χ2v) is 11.6. The fourth-order valence-electron chi connectivity index (χ4n) is 3.70. The van der Waals surface area contributed by atoms with Crippen LogP contribution < -0.4 is 0 Å². The van der Waals surface area contributed by atoms with Gasteiger partial charge in [-0.3, -0.25) is 4.79 Å². The molecule has 0 amide bonds. The van der Waals surface area contributed by atoms with E-state index in [0.717, 1.165) is 15.4 Å². The highest BCUT2D eigenvalue weighted by Crippen LogP contribution is 2.43. The zero-order valence-corrected chi connectivity index (χ0v) is 20.1. The van der Waals surface area contributed by atoms with Gasteiger partial charge in [-0.15, -0.1) is 0 Å². The van der Waals surface area contributed by atoms with E-state index in [1.165, 1.54) is 11.8 Å². The van der Waals surface area contributed by atoms with Gasteiger partial charge in [0.25, 0.3) is 0 Å². The number of allylic oxidation sites excluding steroid dienone is 1. The zero-order chi connectivity index (χ0) is 22.7. The third-order valence-electron chi connectivity index (χ3n) is 5.37. The Kier molecular flexibility index (Phi) is 7.11. The molecule has 0 N–H and O–H groups in total. The number of sulfone groups is 1. The maximum Gasteiger partial charge on any atom is 0.182 e. The number of ketones is 1. The Hall–Kier alpha value is -2.05. The molecule has 0 radical (unpaired) electrons. The van der Waals surface area contributed by atoms with Crippen molar-refractivity contribution in [2.24, 2.45) is 0 Å². The minimum absolute atomic E-state index is 0.0299. The SMILES string of the molecule is O=C1CC(c2ccc(Cl)cc2)CC(Sc2ccc(Cl)cc2)=C1CS(=O)(=O)c1ccccc1. The molecule has 3 aromatic carbocycles. The summed E-state index contributed by atoms with van der Waals surface area (Å²) < 4.78 is 26.1. The molecule has 0 aromatic heterocycles. The number of rotatable bonds is 6. The quantitative estimate of drug-likeness (QED) is 0.365. The highest BCUT2D eigenvalue weighted by molar-refractivity contribution is 8.03. The van der Waals surface area contributed by atoms with E-state index in [9.17, 15) is 13.2 Å². The summed E-state index contributed by atoms with van der Waals surface area (Å²) in [7, 11) is -3.64. The van der Waals surface area contributed by atoms with Crippen LogP contribution in [0.15, 0.2) is 99.1 Å². The average Bonchev–Trinajstić information content (AvgIpc) is 2.78. The molecule has 1 unspecified atom stereocenters. The third kappa shape index (κ3) is 5.46. The molecule has 1 aliphatic carbocycles. The van der Waals surface area contributed by atoms with E-state index >= 15 is 0 Å². The minimum Gasteiger partial charge on any atom is -0.294 e.